The van der Waals surface area contributed by atoms with E-state index in [0.29, 0.717) is 19.6 Å². The van der Waals surface area contributed by atoms with Crippen molar-refractivity contribution in [3.63, 3.8) is 0 Å². The van der Waals surface area contributed by atoms with Gasteiger partial charge in [0.2, 0.25) is 11.8 Å². The van der Waals surface area contributed by atoms with Gasteiger partial charge in [0.05, 0.1) is 0 Å². The Bertz CT molecular complexity index is 984. The Balaban J connectivity index is 1.67. The van der Waals surface area contributed by atoms with Gasteiger partial charge in [0.1, 0.15) is 12.4 Å². The van der Waals surface area contributed by atoms with Crippen LogP contribution in [0.2, 0.25) is 0 Å². The number of anilines is 1. The molecule has 2 amide bonds. The molecule has 0 radical (unpaired) electrons. The van der Waals surface area contributed by atoms with Crippen LogP contribution in [-0.4, -0.2) is 42.4 Å². The van der Waals surface area contributed by atoms with Gasteiger partial charge in [-0.25, -0.2) is 0 Å². The van der Waals surface area contributed by atoms with Gasteiger partial charge in [0, 0.05) is 44.2 Å². The third kappa shape index (κ3) is 8.46. The summed E-state index contributed by atoms with van der Waals surface area (Å²) in [6, 6.07) is 18.6. The van der Waals surface area contributed by atoms with Crippen LogP contribution in [0.5, 0.6) is 5.75 Å². The van der Waals surface area contributed by atoms with Gasteiger partial charge in [-0.1, -0.05) is 48.9 Å². The van der Waals surface area contributed by atoms with Crippen LogP contribution >= 0.6 is 0 Å². The molecule has 1 heterocycles. The quantitative estimate of drug-likeness (QED) is 0.466. The maximum Gasteiger partial charge on any atom is 0.222 e. The fourth-order valence-electron chi connectivity index (χ4n) is 4.50. The molecule has 1 saturated heterocycles. The smallest absolute Gasteiger partial charge is 0.222 e. The Kier molecular flexibility index (Phi) is 9.76. The first-order valence-electron chi connectivity index (χ1n) is 12.5. The van der Waals surface area contributed by atoms with Gasteiger partial charge in [-0.15, -0.1) is 0 Å². The number of rotatable bonds is 11. The molecular formula is C29H39N3O3. The molecule has 1 aliphatic heterocycles. The average Bonchev–Trinajstić information content (AvgIpc) is 2.83. The molecule has 0 saturated carbocycles. The van der Waals surface area contributed by atoms with Crippen LogP contribution in [-0.2, 0) is 16.2 Å². The normalized spacial score (nSPS) is 16.3. The number of allylic oxidation sites excluding steroid dienone is 1. The Morgan fingerprint density at radius 1 is 1.11 bits per heavy atom. The van der Waals surface area contributed by atoms with Gasteiger partial charge < -0.3 is 20.3 Å². The Labute approximate surface area is 209 Å². The van der Waals surface area contributed by atoms with Crippen LogP contribution in [0.4, 0.5) is 5.69 Å². The minimum atomic E-state index is -0.356. The first kappa shape index (κ1) is 26.3. The molecule has 6 heteroatoms. The van der Waals surface area contributed by atoms with E-state index in [-0.39, 0.29) is 30.2 Å². The third-order valence-electron chi connectivity index (χ3n) is 6.38. The van der Waals surface area contributed by atoms with Crippen LogP contribution in [0.1, 0.15) is 52.0 Å². The van der Waals surface area contributed by atoms with Crippen LogP contribution in [0, 0.1) is 5.92 Å². The number of ether oxygens (including phenoxy) is 1. The highest BCUT2D eigenvalue weighted by atomic mass is 16.5. The van der Waals surface area contributed by atoms with E-state index in [2.05, 4.69) is 49.1 Å². The average molecular weight is 478 g/mol. The Hall–Kier alpha value is -3.28. The molecule has 0 bridgehead atoms. The topological polar surface area (TPSA) is 75.9 Å². The number of carbonyl (C=O) groups excluding carboxylic acids is 2. The molecule has 2 N–H and O–H groups in total. The van der Waals surface area contributed by atoms with Gasteiger partial charge in [0.15, 0.2) is 0 Å². The first-order chi connectivity index (χ1) is 16.8. The SMILES string of the molecule is CC(C)=CCN(c1ccc(OCc2ccccc2)cc1)C1CCCN(C(=O)CC(C)CC(N)=O)C1. The van der Waals surface area contributed by atoms with E-state index >= 15 is 0 Å². The van der Waals surface area contributed by atoms with Crippen molar-refractivity contribution in [2.45, 2.75) is 59.1 Å². The molecule has 3 rings (SSSR count). The number of hydrogen-bond donors (Lipinski definition) is 1. The molecule has 2 aromatic carbocycles. The molecule has 0 spiro atoms. The molecule has 1 aliphatic rings. The van der Waals surface area contributed by atoms with E-state index in [0.717, 1.165) is 42.9 Å². The van der Waals surface area contributed by atoms with Gasteiger partial charge in [0.25, 0.3) is 0 Å². The molecular weight excluding hydrogens is 438 g/mol. The van der Waals surface area contributed by atoms with E-state index in [1.807, 2.05) is 42.2 Å². The number of amides is 2. The predicted molar refractivity (Wildman–Crippen MR) is 141 cm³/mol. The molecule has 0 aliphatic carbocycles. The number of carbonyl (C=O) groups is 2. The van der Waals surface area contributed by atoms with Crippen LogP contribution in [0.15, 0.2) is 66.2 Å². The minimum absolute atomic E-state index is 0.0365. The molecule has 2 atom stereocenters. The van der Waals surface area contributed by atoms with Crippen molar-refractivity contribution in [3.8, 4) is 5.75 Å². The summed E-state index contributed by atoms with van der Waals surface area (Å²) in [5, 5.41) is 0. The van der Waals surface area contributed by atoms with E-state index in [1.54, 1.807) is 0 Å². The fourth-order valence-corrected chi connectivity index (χ4v) is 4.50. The first-order valence-corrected chi connectivity index (χ1v) is 12.5. The van der Waals surface area contributed by atoms with E-state index in [1.165, 1.54) is 5.57 Å². The zero-order valence-electron chi connectivity index (χ0n) is 21.3. The van der Waals surface area contributed by atoms with E-state index in [9.17, 15) is 9.59 Å². The lowest BCUT2D eigenvalue weighted by molar-refractivity contribution is -0.133. The van der Waals surface area contributed by atoms with Crippen molar-refractivity contribution >= 4 is 17.5 Å². The number of nitrogens with zero attached hydrogens (tertiary/aromatic N) is 2. The summed E-state index contributed by atoms with van der Waals surface area (Å²) in [6.07, 6.45) is 4.83. The highest BCUT2D eigenvalue weighted by Crippen LogP contribution is 2.27. The van der Waals surface area contributed by atoms with Crippen molar-refractivity contribution in [2.24, 2.45) is 11.7 Å². The fraction of sp³-hybridized carbons (Fsp3) is 0.448. The zero-order valence-corrected chi connectivity index (χ0v) is 21.3. The lowest BCUT2D eigenvalue weighted by atomic mass is 9.99. The number of likely N-dealkylation sites (tertiary alicyclic amines) is 1. The summed E-state index contributed by atoms with van der Waals surface area (Å²) < 4.78 is 5.97. The number of hydrogen-bond acceptors (Lipinski definition) is 4. The standard InChI is InChI=1S/C29H39N3O3/c1-22(2)15-17-32(25-11-13-27(14-12-25)35-21-24-8-5-4-6-9-24)26-10-7-16-31(20-26)29(34)19-23(3)18-28(30)33/h4-6,8-9,11-15,23,26H,7,10,16-21H2,1-3H3,(H2,30,33). The van der Waals surface area contributed by atoms with Crippen molar-refractivity contribution in [2.75, 3.05) is 24.5 Å². The summed E-state index contributed by atoms with van der Waals surface area (Å²) >= 11 is 0. The van der Waals surface area contributed by atoms with Crippen LogP contribution in [0.25, 0.3) is 0 Å². The lowest BCUT2D eigenvalue weighted by Gasteiger charge is -2.40. The van der Waals surface area contributed by atoms with Gasteiger partial charge >= 0.3 is 0 Å². The number of primary amides is 1. The second kappa shape index (κ2) is 13.0. The van der Waals surface area contributed by atoms with Crippen molar-refractivity contribution in [3.05, 3.63) is 71.8 Å². The molecule has 35 heavy (non-hydrogen) atoms. The second-order valence-electron chi connectivity index (χ2n) is 9.82. The zero-order chi connectivity index (χ0) is 25.2. The van der Waals surface area contributed by atoms with Gasteiger partial charge in [-0.05, 0) is 62.4 Å². The molecule has 2 unspecified atom stereocenters. The Morgan fingerprint density at radius 3 is 2.49 bits per heavy atom. The van der Waals surface area contributed by atoms with Crippen LogP contribution < -0.4 is 15.4 Å². The minimum Gasteiger partial charge on any atom is -0.489 e. The third-order valence-corrected chi connectivity index (χ3v) is 6.38. The largest absolute Gasteiger partial charge is 0.489 e. The summed E-state index contributed by atoms with van der Waals surface area (Å²) in [4.78, 5) is 28.5. The maximum absolute atomic E-state index is 12.9. The number of nitrogens with two attached hydrogens (primary N) is 1. The lowest BCUT2D eigenvalue weighted by Crippen LogP contribution is -2.50. The van der Waals surface area contributed by atoms with Crippen LogP contribution in [0.3, 0.4) is 0 Å². The predicted octanol–water partition coefficient (Wildman–Crippen LogP) is 4.93. The molecule has 188 valence electrons. The second-order valence-corrected chi connectivity index (χ2v) is 9.82. The summed E-state index contributed by atoms with van der Waals surface area (Å²) in [6.45, 7) is 8.90. The van der Waals surface area contributed by atoms with Crippen molar-refractivity contribution in [1.82, 2.24) is 4.90 Å². The summed E-state index contributed by atoms with van der Waals surface area (Å²) in [5.74, 6) is 0.551. The summed E-state index contributed by atoms with van der Waals surface area (Å²) in [7, 11) is 0. The number of piperidine rings is 1. The molecule has 6 nitrogen and oxygen atoms in total. The highest BCUT2D eigenvalue weighted by Gasteiger charge is 2.28. The molecule has 1 fully saturated rings. The van der Waals surface area contributed by atoms with E-state index < -0.39 is 0 Å². The van der Waals surface area contributed by atoms with Crippen molar-refractivity contribution in [1.29, 1.82) is 0 Å². The number of benzene rings is 2. The van der Waals surface area contributed by atoms with Gasteiger partial charge in [-0.3, -0.25) is 9.59 Å². The monoisotopic (exact) mass is 477 g/mol. The maximum atomic E-state index is 12.9. The highest BCUT2D eigenvalue weighted by molar-refractivity contribution is 5.78. The summed E-state index contributed by atoms with van der Waals surface area (Å²) in [5.41, 5.74) is 8.83. The molecule has 2 aromatic rings. The van der Waals surface area contributed by atoms with E-state index in [4.69, 9.17) is 10.5 Å². The van der Waals surface area contributed by atoms with Crippen molar-refractivity contribution < 1.29 is 14.3 Å². The van der Waals surface area contributed by atoms with Gasteiger partial charge in [-0.2, -0.15) is 0 Å². The Morgan fingerprint density at radius 2 is 1.83 bits per heavy atom. The molecule has 0 aromatic heterocycles.